The summed E-state index contributed by atoms with van der Waals surface area (Å²) < 4.78 is 5.43. The maximum Gasteiger partial charge on any atom is 0.305 e. The number of hydrogen-bond donors (Lipinski definition) is 3. The van der Waals surface area contributed by atoms with Crippen LogP contribution in [-0.4, -0.2) is 47.4 Å². The predicted molar refractivity (Wildman–Crippen MR) is 246 cm³/mol. The summed E-state index contributed by atoms with van der Waals surface area (Å²) >= 11 is 0. The molecule has 0 saturated carbocycles. The van der Waals surface area contributed by atoms with Crippen LogP contribution in [0.2, 0.25) is 0 Å². The first kappa shape index (κ1) is 55.3. The fourth-order valence-corrected chi connectivity index (χ4v) is 7.57. The molecule has 0 aromatic rings. The molecule has 0 bridgehead atoms. The van der Waals surface area contributed by atoms with E-state index in [1.807, 2.05) is 6.08 Å². The normalized spacial score (nSPS) is 12.8. The number of nitrogens with one attached hydrogen (secondary N) is 1. The fraction of sp³-hybridized carbons (Fsp3) is 0.882. The Labute approximate surface area is 354 Å². The largest absolute Gasteiger partial charge is 0.466 e. The SMILES string of the molecule is CCCCCCCCCCCCCCCC/C=C/C(O)C(CO)NC(=O)CCCCCCC/C=C\CCCCCOC(=O)CCCCCCCCCCCCCC. The number of carbonyl (C=O) groups is 2. The molecule has 6 heteroatoms. The summed E-state index contributed by atoms with van der Waals surface area (Å²) in [4.78, 5) is 24.4. The minimum atomic E-state index is -0.859. The number of esters is 1. The monoisotopic (exact) mass is 804 g/mol. The van der Waals surface area contributed by atoms with Crippen LogP contribution in [0.1, 0.15) is 264 Å². The number of unbranched alkanes of at least 4 members (excludes halogenated alkanes) is 33. The molecular weight excluding hydrogens is 707 g/mol. The van der Waals surface area contributed by atoms with Crippen LogP contribution in [0.4, 0.5) is 0 Å². The van der Waals surface area contributed by atoms with Crippen LogP contribution >= 0.6 is 0 Å². The second-order valence-electron chi connectivity index (χ2n) is 17.1. The van der Waals surface area contributed by atoms with Gasteiger partial charge in [-0.2, -0.15) is 0 Å². The molecular formula is C51H97NO5. The number of amides is 1. The van der Waals surface area contributed by atoms with Crippen molar-refractivity contribution in [2.24, 2.45) is 0 Å². The Morgan fingerprint density at radius 3 is 1.25 bits per heavy atom. The maximum absolute atomic E-state index is 12.4. The van der Waals surface area contributed by atoms with E-state index >= 15 is 0 Å². The zero-order chi connectivity index (χ0) is 41.5. The van der Waals surface area contributed by atoms with Crippen LogP contribution in [0.25, 0.3) is 0 Å². The highest BCUT2D eigenvalue weighted by Crippen LogP contribution is 2.15. The van der Waals surface area contributed by atoms with Gasteiger partial charge in [0.2, 0.25) is 5.91 Å². The quantitative estimate of drug-likeness (QED) is 0.0324. The van der Waals surface area contributed by atoms with E-state index in [0.29, 0.717) is 19.4 Å². The molecule has 2 unspecified atom stereocenters. The summed E-state index contributed by atoms with van der Waals surface area (Å²) in [5, 5.41) is 23.0. The Balaban J connectivity index is 3.55. The first-order chi connectivity index (χ1) is 28.0. The summed E-state index contributed by atoms with van der Waals surface area (Å²) in [5.74, 6) is -0.117. The van der Waals surface area contributed by atoms with Gasteiger partial charge >= 0.3 is 5.97 Å². The number of carbonyl (C=O) groups excluding carboxylic acids is 2. The van der Waals surface area contributed by atoms with E-state index in [4.69, 9.17) is 4.74 Å². The molecule has 0 aliphatic carbocycles. The van der Waals surface area contributed by atoms with Crippen LogP contribution in [0.3, 0.4) is 0 Å². The van der Waals surface area contributed by atoms with Crippen molar-refractivity contribution in [3.05, 3.63) is 24.3 Å². The lowest BCUT2D eigenvalue weighted by Crippen LogP contribution is -2.45. The van der Waals surface area contributed by atoms with E-state index in [2.05, 4.69) is 31.3 Å². The number of aliphatic hydroxyl groups excluding tert-OH is 2. The van der Waals surface area contributed by atoms with Crippen molar-refractivity contribution in [2.75, 3.05) is 13.2 Å². The molecule has 0 aliphatic heterocycles. The van der Waals surface area contributed by atoms with Gasteiger partial charge in [-0.3, -0.25) is 9.59 Å². The maximum atomic E-state index is 12.4. The van der Waals surface area contributed by atoms with E-state index in [0.717, 1.165) is 77.0 Å². The van der Waals surface area contributed by atoms with Crippen molar-refractivity contribution in [3.63, 3.8) is 0 Å². The van der Waals surface area contributed by atoms with Crippen molar-refractivity contribution in [2.45, 2.75) is 276 Å². The molecule has 0 saturated heterocycles. The van der Waals surface area contributed by atoms with Gasteiger partial charge in [0.15, 0.2) is 0 Å². The van der Waals surface area contributed by atoms with Crippen LogP contribution in [0.15, 0.2) is 24.3 Å². The minimum absolute atomic E-state index is 0.0240. The second kappa shape index (κ2) is 47.0. The molecule has 0 rings (SSSR count). The van der Waals surface area contributed by atoms with Crippen molar-refractivity contribution in [1.82, 2.24) is 5.32 Å². The van der Waals surface area contributed by atoms with Crippen molar-refractivity contribution < 1.29 is 24.5 Å². The number of allylic oxidation sites excluding steroid dienone is 3. The van der Waals surface area contributed by atoms with E-state index in [-0.39, 0.29) is 18.5 Å². The Hall–Kier alpha value is -1.66. The highest BCUT2D eigenvalue weighted by molar-refractivity contribution is 5.76. The van der Waals surface area contributed by atoms with Crippen LogP contribution in [0, 0.1) is 0 Å². The molecule has 0 aromatic carbocycles. The molecule has 0 spiro atoms. The third-order valence-electron chi connectivity index (χ3n) is 11.5. The van der Waals surface area contributed by atoms with Gasteiger partial charge in [0.05, 0.1) is 25.4 Å². The van der Waals surface area contributed by atoms with E-state index in [9.17, 15) is 19.8 Å². The Morgan fingerprint density at radius 2 is 0.825 bits per heavy atom. The van der Waals surface area contributed by atoms with Gasteiger partial charge in [0, 0.05) is 12.8 Å². The predicted octanol–water partition coefficient (Wildman–Crippen LogP) is 14.7. The molecule has 0 fully saturated rings. The van der Waals surface area contributed by atoms with Gasteiger partial charge in [-0.05, 0) is 64.2 Å². The fourth-order valence-electron chi connectivity index (χ4n) is 7.57. The number of hydrogen-bond acceptors (Lipinski definition) is 5. The standard InChI is InChI=1S/C51H97NO5/c1-3-5-7-9-11-13-15-17-18-19-20-23-27-31-35-39-43-49(54)48(47-53)52-50(55)44-40-36-32-28-24-21-22-26-30-34-38-42-46-57-51(56)45-41-37-33-29-25-16-14-12-10-8-6-4-2/h22,26,39,43,48-49,53-54H,3-21,23-25,27-38,40-42,44-47H2,1-2H3,(H,52,55)/b26-22-,43-39+. The lowest BCUT2D eigenvalue weighted by Gasteiger charge is -2.20. The molecule has 0 aliphatic rings. The second-order valence-corrected chi connectivity index (χ2v) is 17.1. The highest BCUT2D eigenvalue weighted by Gasteiger charge is 2.18. The number of rotatable bonds is 46. The molecule has 2 atom stereocenters. The molecule has 0 aromatic heterocycles. The van der Waals surface area contributed by atoms with Gasteiger partial charge in [0.1, 0.15) is 0 Å². The van der Waals surface area contributed by atoms with Gasteiger partial charge in [-0.1, -0.05) is 212 Å². The van der Waals surface area contributed by atoms with Gasteiger partial charge in [0.25, 0.3) is 0 Å². The Kier molecular flexibility index (Phi) is 45.7. The highest BCUT2D eigenvalue weighted by atomic mass is 16.5. The van der Waals surface area contributed by atoms with Gasteiger partial charge in [-0.15, -0.1) is 0 Å². The summed E-state index contributed by atoms with van der Waals surface area (Å²) in [5.41, 5.74) is 0. The lowest BCUT2D eigenvalue weighted by atomic mass is 10.0. The average molecular weight is 804 g/mol. The first-order valence-corrected chi connectivity index (χ1v) is 25.1. The molecule has 57 heavy (non-hydrogen) atoms. The van der Waals surface area contributed by atoms with Crippen LogP contribution < -0.4 is 5.32 Å². The van der Waals surface area contributed by atoms with Crippen LogP contribution in [-0.2, 0) is 14.3 Å². The van der Waals surface area contributed by atoms with Gasteiger partial charge in [-0.25, -0.2) is 0 Å². The Morgan fingerprint density at radius 1 is 0.474 bits per heavy atom. The number of aliphatic hydroxyl groups is 2. The van der Waals surface area contributed by atoms with E-state index in [1.165, 1.54) is 161 Å². The minimum Gasteiger partial charge on any atom is -0.466 e. The summed E-state index contributed by atoms with van der Waals surface area (Å²) in [6.07, 6.45) is 54.6. The third kappa shape index (κ3) is 43.7. The summed E-state index contributed by atoms with van der Waals surface area (Å²) in [6, 6.07) is -0.645. The molecule has 6 nitrogen and oxygen atoms in total. The van der Waals surface area contributed by atoms with E-state index < -0.39 is 12.1 Å². The average Bonchev–Trinajstić information content (AvgIpc) is 3.21. The van der Waals surface area contributed by atoms with Crippen LogP contribution in [0.5, 0.6) is 0 Å². The summed E-state index contributed by atoms with van der Waals surface area (Å²) in [7, 11) is 0. The van der Waals surface area contributed by atoms with Crippen molar-refractivity contribution in [1.29, 1.82) is 0 Å². The lowest BCUT2D eigenvalue weighted by molar-refractivity contribution is -0.143. The smallest absolute Gasteiger partial charge is 0.305 e. The molecule has 0 radical (unpaired) electrons. The first-order valence-electron chi connectivity index (χ1n) is 25.1. The topological polar surface area (TPSA) is 95.9 Å². The zero-order valence-corrected chi connectivity index (χ0v) is 38.1. The van der Waals surface area contributed by atoms with Gasteiger partial charge < -0.3 is 20.3 Å². The van der Waals surface area contributed by atoms with E-state index in [1.54, 1.807) is 6.08 Å². The zero-order valence-electron chi connectivity index (χ0n) is 38.1. The van der Waals surface area contributed by atoms with Crippen molar-refractivity contribution >= 4 is 11.9 Å². The third-order valence-corrected chi connectivity index (χ3v) is 11.5. The molecule has 336 valence electrons. The molecule has 3 N–H and O–H groups in total. The van der Waals surface area contributed by atoms with Crippen molar-refractivity contribution in [3.8, 4) is 0 Å². The summed E-state index contributed by atoms with van der Waals surface area (Å²) in [6.45, 7) is 4.84. The number of ether oxygens (including phenoxy) is 1. The molecule has 1 amide bonds. The molecule has 0 heterocycles. The Bertz CT molecular complexity index is 889.